The Bertz CT molecular complexity index is 579. The Kier molecular flexibility index (Phi) is 6.33. The highest BCUT2D eigenvalue weighted by Gasteiger charge is 2.19. The molecule has 4 N–H and O–H groups in total. The van der Waals surface area contributed by atoms with Crippen LogP contribution in [0.5, 0.6) is 0 Å². The molecule has 0 unspecified atom stereocenters. The molecule has 0 aliphatic carbocycles. The van der Waals surface area contributed by atoms with E-state index >= 15 is 0 Å². The maximum absolute atomic E-state index is 12.1. The standard InChI is InChI=1S/C10H15BrN4O4S/c1-13-10-8(4-7(11)5-14-10)20(17,18)15-2-3-19-6-9(12)16/h4-5,15H,2-3,6H2,1H3,(H2,12,16)(H,13,14). The van der Waals surface area contributed by atoms with Gasteiger partial charge in [-0.3, -0.25) is 4.79 Å². The number of hydrogen-bond donors (Lipinski definition) is 3. The van der Waals surface area contributed by atoms with Crippen molar-refractivity contribution in [1.82, 2.24) is 9.71 Å². The van der Waals surface area contributed by atoms with Crippen LogP contribution in [0.2, 0.25) is 0 Å². The van der Waals surface area contributed by atoms with E-state index in [-0.39, 0.29) is 30.5 Å². The molecule has 1 amide bonds. The molecule has 10 heteroatoms. The quantitative estimate of drug-likeness (QED) is 0.541. The van der Waals surface area contributed by atoms with Crippen molar-refractivity contribution in [2.24, 2.45) is 5.73 Å². The third-order valence-electron chi connectivity index (χ3n) is 2.13. The van der Waals surface area contributed by atoms with Gasteiger partial charge in [-0.25, -0.2) is 18.1 Å². The lowest BCUT2D eigenvalue weighted by Crippen LogP contribution is -2.29. The molecular weight excluding hydrogens is 352 g/mol. The number of nitrogens with two attached hydrogens (primary N) is 1. The molecule has 1 aromatic heterocycles. The van der Waals surface area contributed by atoms with Crippen molar-refractivity contribution in [3.05, 3.63) is 16.7 Å². The van der Waals surface area contributed by atoms with Crippen molar-refractivity contribution < 1.29 is 17.9 Å². The van der Waals surface area contributed by atoms with Gasteiger partial charge in [-0.05, 0) is 22.0 Å². The summed E-state index contributed by atoms with van der Waals surface area (Å²) in [6.07, 6.45) is 1.49. The number of primary amides is 1. The number of rotatable bonds is 8. The average Bonchev–Trinajstić information content (AvgIpc) is 2.37. The molecule has 0 aromatic carbocycles. The Morgan fingerprint density at radius 2 is 2.25 bits per heavy atom. The van der Waals surface area contributed by atoms with Crippen LogP contribution >= 0.6 is 15.9 Å². The highest BCUT2D eigenvalue weighted by Crippen LogP contribution is 2.22. The highest BCUT2D eigenvalue weighted by atomic mass is 79.9. The molecule has 0 saturated carbocycles. The van der Waals surface area contributed by atoms with Crippen molar-refractivity contribution in [3.8, 4) is 0 Å². The van der Waals surface area contributed by atoms with E-state index in [4.69, 9.17) is 10.5 Å². The first-order valence-corrected chi connectivity index (χ1v) is 7.83. The van der Waals surface area contributed by atoms with Gasteiger partial charge in [0.2, 0.25) is 15.9 Å². The van der Waals surface area contributed by atoms with E-state index in [1.807, 2.05) is 0 Å². The maximum Gasteiger partial charge on any atom is 0.244 e. The van der Waals surface area contributed by atoms with Crippen LogP contribution in [-0.4, -0.2) is 46.1 Å². The third kappa shape index (κ3) is 5.04. The number of ether oxygens (including phenoxy) is 1. The normalized spacial score (nSPS) is 11.3. The molecular formula is C10H15BrN4O4S. The fourth-order valence-corrected chi connectivity index (χ4v) is 2.99. The molecule has 0 saturated heterocycles. The number of aromatic nitrogens is 1. The SMILES string of the molecule is CNc1ncc(Br)cc1S(=O)(=O)NCCOCC(N)=O. The molecule has 112 valence electrons. The molecule has 0 fully saturated rings. The number of pyridine rings is 1. The maximum atomic E-state index is 12.1. The van der Waals surface area contributed by atoms with E-state index in [9.17, 15) is 13.2 Å². The lowest BCUT2D eigenvalue weighted by atomic mass is 10.4. The number of carbonyl (C=O) groups excluding carboxylic acids is 1. The zero-order valence-corrected chi connectivity index (χ0v) is 13.1. The van der Waals surface area contributed by atoms with Crippen LogP contribution in [0.15, 0.2) is 21.6 Å². The first kappa shape index (κ1) is 16.8. The average molecular weight is 367 g/mol. The van der Waals surface area contributed by atoms with Crippen molar-refractivity contribution in [2.45, 2.75) is 4.90 Å². The van der Waals surface area contributed by atoms with Gasteiger partial charge in [-0.1, -0.05) is 0 Å². The molecule has 0 aliphatic heterocycles. The Morgan fingerprint density at radius 1 is 1.55 bits per heavy atom. The predicted octanol–water partition coefficient (Wildman–Crippen LogP) is -0.334. The Labute approximate surface area is 125 Å². The van der Waals surface area contributed by atoms with Gasteiger partial charge >= 0.3 is 0 Å². The number of carbonyl (C=O) groups is 1. The zero-order chi connectivity index (χ0) is 15.2. The smallest absolute Gasteiger partial charge is 0.244 e. The van der Waals surface area contributed by atoms with E-state index < -0.39 is 15.9 Å². The zero-order valence-electron chi connectivity index (χ0n) is 10.7. The molecule has 0 radical (unpaired) electrons. The Balaban J connectivity index is 2.69. The summed E-state index contributed by atoms with van der Waals surface area (Å²) < 4.78 is 32.0. The number of anilines is 1. The molecule has 1 aromatic rings. The Morgan fingerprint density at radius 3 is 2.85 bits per heavy atom. The first-order chi connectivity index (χ1) is 9.36. The van der Waals surface area contributed by atoms with Crippen molar-refractivity contribution >= 4 is 37.7 Å². The Hall–Kier alpha value is -1.23. The van der Waals surface area contributed by atoms with E-state index in [0.717, 1.165) is 0 Å². The summed E-state index contributed by atoms with van der Waals surface area (Å²) in [5.41, 5.74) is 4.88. The number of hydrogen-bond acceptors (Lipinski definition) is 6. The molecule has 0 spiro atoms. The van der Waals surface area contributed by atoms with Gasteiger partial charge in [0.1, 0.15) is 17.3 Å². The minimum absolute atomic E-state index is 0.0178. The van der Waals surface area contributed by atoms with Crippen LogP contribution in [0, 0.1) is 0 Å². The summed E-state index contributed by atoms with van der Waals surface area (Å²) in [7, 11) is -2.15. The summed E-state index contributed by atoms with van der Waals surface area (Å²) in [5.74, 6) is -0.375. The number of nitrogens with one attached hydrogen (secondary N) is 2. The second kappa shape index (κ2) is 7.53. The minimum atomic E-state index is -3.73. The van der Waals surface area contributed by atoms with Gasteiger partial charge in [0, 0.05) is 24.3 Å². The van der Waals surface area contributed by atoms with E-state index in [1.165, 1.54) is 12.3 Å². The number of halogens is 1. The fraction of sp³-hybridized carbons (Fsp3) is 0.400. The number of nitrogens with zero attached hydrogens (tertiary/aromatic N) is 1. The molecule has 8 nitrogen and oxygen atoms in total. The van der Waals surface area contributed by atoms with Gasteiger partial charge in [0.05, 0.1) is 6.61 Å². The number of amides is 1. The van der Waals surface area contributed by atoms with Crippen molar-refractivity contribution in [3.63, 3.8) is 0 Å². The van der Waals surface area contributed by atoms with Crippen LogP contribution in [0.1, 0.15) is 0 Å². The summed E-state index contributed by atoms with van der Waals surface area (Å²) in [4.78, 5) is 14.4. The second-order valence-electron chi connectivity index (χ2n) is 3.67. The van der Waals surface area contributed by atoms with E-state index in [1.54, 1.807) is 7.05 Å². The van der Waals surface area contributed by atoms with Crippen LogP contribution < -0.4 is 15.8 Å². The van der Waals surface area contributed by atoms with Crippen molar-refractivity contribution in [2.75, 3.05) is 32.1 Å². The summed E-state index contributed by atoms with van der Waals surface area (Å²) >= 11 is 3.17. The highest BCUT2D eigenvalue weighted by molar-refractivity contribution is 9.10. The third-order valence-corrected chi connectivity index (χ3v) is 4.04. The van der Waals surface area contributed by atoms with Crippen LogP contribution in [-0.2, 0) is 19.6 Å². The lowest BCUT2D eigenvalue weighted by Gasteiger charge is -2.10. The van der Waals surface area contributed by atoms with Crippen LogP contribution in [0.25, 0.3) is 0 Å². The molecule has 0 bridgehead atoms. The largest absolute Gasteiger partial charge is 0.372 e. The molecule has 1 heterocycles. The predicted molar refractivity (Wildman–Crippen MR) is 76.7 cm³/mol. The van der Waals surface area contributed by atoms with Crippen LogP contribution in [0.4, 0.5) is 5.82 Å². The topological polar surface area (TPSA) is 123 Å². The molecule has 20 heavy (non-hydrogen) atoms. The lowest BCUT2D eigenvalue weighted by molar-refractivity contribution is -0.122. The summed E-state index contributed by atoms with van der Waals surface area (Å²) in [5, 5.41) is 2.70. The molecule has 1 rings (SSSR count). The van der Waals surface area contributed by atoms with Crippen LogP contribution in [0.3, 0.4) is 0 Å². The first-order valence-electron chi connectivity index (χ1n) is 5.56. The van der Waals surface area contributed by atoms with Gasteiger partial charge in [0.15, 0.2) is 0 Å². The van der Waals surface area contributed by atoms with Crippen molar-refractivity contribution in [1.29, 1.82) is 0 Å². The van der Waals surface area contributed by atoms with Gasteiger partial charge < -0.3 is 15.8 Å². The second-order valence-corrected chi connectivity index (χ2v) is 6.32. The molecule has 0 aliphatic rings. The van der Waals surface area contributed by atoms with E-state index in [0.29, 0.717) is 4.47 Å². The van der Waals surface area contributed by atoms with Gasteiger partial charge in [0.25, 0.3) is 0 Å². The monoisotopic (exact) mass is 366 g/mol. The summed E-state index contributed by atoms with van der Waals surface area (Å²) in [6.45, 7) is -0.189. The minimum Gasteiger partial charge on any atom is -0.372 e. The number of sulfonamides is 1. The van der Waals surface area contributed by atoms with Gasteiger partial charge in [-0.15, -0.1) is 0 Å². The fourth-order valence-electron chi connectivity index (χ4n) is 1.31. The van der Waals surface area contributed by atoms with Gasteiger partial charge in [-0.2, -0.15) is 0 Å². The molecule has 0 atom stereocenters. The summed E-state index contributed by atoms with van der Waals surface area (Å²) in [6, 6.07) is 1.44. The van der Waals surface area contributed by atoms with E-state index in [2.05, 4.69) is 31.0 Å².